The summed E-state index contributed by atoms with van der Waals surface area (Å²) in [7, 11) is -1.72. The summed E-state index contributed by atoms with van der Waals surface area (Å²) in [4.78, 5) is 0. The van der Waals surface area contributed by atoms with Crippen molar-refractivity contribution in [2.24, 2.45) is 0 Å². The molecule has 2 rings (SSSR count). The number of hydrogen-bond donors (Lipinski definition) is 2. The van der Waals surface area contributed by atoms with Crippen molar-refractivity contribution in [2.45, 2.75) is 13.2 Å². The molecular weight excluding hydrogens is 281 g/mol. The molecule has 0 saturated carbocycles. The van der Waals surface area contributed by atoms with Gasteiger partial charge in [0, 0.05) is 5.02 Å². The lowest BCUT2D eigenvalue weighted by atomic mass is 9.77. The molecule has 0 aliphatic heterocycles. The summed E-state index contributed by atoms with van der Waals surface area (Å²) in [6.07, 6.45) is 0. The normalized spacial score (nSPS) is 10.6. The van der Waals surface area contributed by atoms with Crippen LogP contribution in [0.15, 0.2) is 42.5 Å². The highest BCUT2D eigenvalue weighted by Crippen LogP contribution is 2.11. The van der Waals surface area contributed by atoms with Crippen molar-refractivity contribution < 1.29 is 19.2 Å². The topological polar surface area (TPSA) is 49.7 Å². The minimum absolute atomic E-state index is 0.112. The van der Waals surface area contributed by atoms with Gasteiger partial charge in [-0.1, -0.05) is 29.8 Å². The fourth-order valence-electron chi connectivity index (χ4n) is 1.80. The number of benzene rings is 2. The zero-order valence-corrected chi connectivity index (χ0v) is 11.3. The predicted molar refractivity (Wildman–Crippen MR) is 76.2 cm³/mol. The molecule has 0 atom stereocenters. The van der Waals surface area contributed by atoms with Gasteiger partial charge in [0.15, 0.2) is 0 Å². The van der Waals surface area contributed by atoms with Gasteiger partial charge in [-0.15, -0.1) is 0 Å². The molecular formula is C14H13BClFO3. The Morgan fingerprint density at radius 3 is 2.40 bits per heavy atom. The number of halogens is 2. The fourth-order valence-corrected chi connectivity index (χ4v) is 1.92. The van der Waals surface area contributed by atoms with E-state index in [1.807, 2.05) is 12.1 Å². The molecule has 3 nitrogen and oxygen atoms in total. The molecule has 0 aliphatic carbocycles. The van der Waals surface area contributed by atoms with Crippen molar-refractivity contribution in [2.75, 3.05) is 0 Å². The maximum atomic E-state index is 13.1. The molecule has 0 radical (unpaired) electrons. The lowest BCUT2D eigenvalue weighted by Gasteiger charge is -2.10. The van der Waals surface area contributed by atoms with Crippen LogP contribution in [0.2, 0.25) is 5.02 Å². The van der Waals surface area contributed by atoms with Gasteiger partial charge < -0.3 is 14.8 Å². The first kappa shape index (κ1) is 15.0. The largest absolute Gasteiger partial charge is 0.488 e. The molecule has 0 aliphatic rings. The van der Waals surface area contributed by atoms with Crippen LogP contribution >= 0.6 is 11.6 Å². The number of rotatable bonds is 5. The summed E-state index contributed by atoms with van der Waals surface area (Å²) in [5, 5.41) is 19.0. The van der Waals surface area contributed by atoms with Gasteiger partial charge in [-0.05, 0) is 40.9 Å². The van der Waals surface area contributed by atoms with E-state index in [4.69, 9.17) is 16.3 Å². The van der Waals surface area contributed by atoms with Crippen molar-refractivity contribution in [1.29, 1.82) is 0 Å². The van der Waals surface area contributed by atoms with Crippen LogP contribution in [-0.4, -0.2) is 17.2 Å². The Kier molecular flexibility index (Phi) is 5.14. The van der Waals surface area contributed by atoms with Crippen LogP contribution in [-0.2, 0) is 18.0 Å². The molecule has 2 N–H and O–H groups in total. The van der Waals surface area contributed by atoms with E-state index >= 15 is 0 Å². The molecule has 0 saturated heterocycles. The van der Waals surface area contributed by atoms with Gasteiger partial charge in [-0.25, -0.2) is 4.39 Å². The first-order valence-electron chi connectivity index (χ1n) is 6.03. The maximum Gasteiger partial charge on any atom is 0.488 e. The van der Waals surface area contributed by atoms with Crippen LogP contribution in [0.5, 0.6) is 0 Å². The summed E-state index contributed by atoms with van der Waals surface area (Å²) in [6, 6.07) is 11.0. The second-order valence-corrected chi connectivity index (χ2v) is 4.77. The smallest absolute Gasteiger partial charge is 0.423 e. The first-order valence-corrected chi connectivity index (χ1v) is 6.40. The molecule has 2 aromatic rings. The van der Waals surface area contributed by atoms with Crippen molar-refractivity contribution in [3.05, 3.63) is 64.4 Å². The Bertz CT molecular complexity index is 575. The van der Waals surface area contributed by atoms with E-state index < -0.39 is 12.9 Å². The molecule has 0 unspecified atom stereocenters. The van der Waals surface area contributed by atoms with Crippen LogP contribution in [0.25, 0.3) is 0 Å². The van der Waals surface area contributed by atoms with Crippen LogP contribution < -0.4 is 5.46 Å². The summed E-state index contributed by atoms with van der Waals surface area (Å²) in [5.41, 5.74) is 1.60. The van der Waals surface area contributed by atoms with Gasteiger partial charge in [0.2, 0.25) is 0 Å². The lowest BCUT2D eigenvalue weighted by Crippen LogP contribution is -2.33. The minimum atomic E-state index is -1.72. The summed E-state index contributed by atoms with van der Waals surface area (Å²) in [5.74, 6) is -0.519. The van der Waals surface area contributed by atoms with Crippen molar-refractivity contribution in [3.8, 4) is 0 Å². The summed E-state index contributed by atoms with van der Waals surface area (Å²) < 4.78 is 18.5. The molecule has 104 valence electrons. The summed E-state index contributed by atoms with van der Waals surface area (Å²) >= 11 is 5.78. The highest BCUT2D eigenvalue weighted by atomic mass is 35.5. The second kappa shape index (κ2) is 6.86. The lowest BCUT2D eigenvalue weighted by molar-refractivity contribution is 0.107. The average molecular weight is 295 g/mol. The van der Waals surface area contributed by atoms with Crippen LogP contribution in [0, 0.1) is 5.82 Å². The molecule has 0 aromatic heterocycles. The third-order valence-electron chi connectivity index (χ3n) is 2.83. The molecule has 20 heavy (non-hydrogen) atoms. The van der Waals surface area contributed by atoms with Crippen molar-refractivity contribution in [3.63, 3.8) is 0 Å². The average Bonchev–Trinajstić information content (AvgIpc) is 2.42. The monoisotopic (exact) mass is 294 g/mol. The van der Waals surface area contributed by atoms with Crippen LogP contribution in [0.1, 0.15) is 11.1 Å². The number of ether oxygens (including phenoxy) is 1. The molecule has 0 amide bonds. The highest BCUT2D eigenvalue weighted by molar-refractivity contribution is 6.59. The van der Waals surface area contributed by atoms with Crippen LogP contribution in [0.4, 0.5) is 4.39 Å². The van der Waals surface area contributed by atoms with E-state index in [9.17, 15) is 14.4 Å². The second-order valence-electron chi connectivity index (χ2n) is 4.34. The van der Waals surface area contributed by atoms with E-state index in [2.05, 4.69) is 0 Å². The molecule has 2 aromatic carbocycles. The van der Waals surface area contributed by atoms with Gasteiger partial charge in [0.1, 0.15) is 5.82 Å². The minimum Gasteiger partial charge on any atom is -0.423 e. The quantitative estimate of drug-likeness (QED) is 0.828. The third kappa shape index (κ3) is 4.05. The van der Waals surface area contributed by atoms with E-state index in [0.29, 0.717) is 17.2 Å². The molecule has 0 heterocycles. The van der Waals surface area contributed by atoms with Gasteiger partial charge >= 0.3 is 7.12 Å². The van der Waals surface area contributed by atoms with E-state index in [0.717, 1.165) is 11.6 Å². The van der Waals surface area contributed by atoms with E-state index in [1.165, 1.54) is 12.1 Å². The van der Waals surface area contributed by atoms with Crippen molar-refractivity contribution >= 4 is 24.2 Å². The zero-order valence-electron chi connectivity index (χ0n) is 10.6. The fraction of sp³-hybridized carbons (Fsp3) is 0.143. The van der Waals surface area contributed by atoms with Gasteiger partial charge in [-0.3, -0.25) is 0 Å². The Hall–Kier alpha value is -1.40. The molecule has 6 heteroatoms. The summed E-state index contributed by atoms with van der Waals surface area (Å²) in [6.45, 7) is 0.519. The Morgan fingerprint density at radius 2 is 1.75 bits per heavy atom. The van der Waals surface area contributed by atoms with Gasteiger partial charge in [-0.2, -0.15) is 0 Å². The van der Waals surface area contributed by atoms with Crippen LogP contribution in [0.3, 0.4) is 0 Å². The maximum absolute atomic E-state index is 13.1. The van der Waals surface area contributed by atoms with E-state index in [-0.39, 0.29) is 12.1 Å². The molecule has 0 fully saturated rings. The zero-order chi connectivity index (χ0) is 14.5. The first-order chi connectivity index (χ1) is 9.56. The Morgan fingerprint density at radius 1 is 1.05 bits per heavy atom. The highest BCUT2D eigenvalue weighted by Gasteiger charge is 2.16. The Labute approximate surface area is 121 Å². The van der Waals surface area contributed by atoms with Crippen molar-refractivity contribution in [1.82, 2.24) is 0 Å². The number of hydrogen-bond acceptors (Lipinski definition) is 3. The standard InChI is InChI=1S/C14H13BClFO3/c16-12-4-1-10(2-5-12)8-20-9-11-3-6-13(17)7-14(11)15(18)19/h1-7,18-19H,8-9H2. The van der Waals surface area contributed by atoms with Gasteiger partial charge in [0.05, 0.1) is 13.2 Å². The predicted octanol–water partition coefficient (Wildman–Crippen LogP) is 1.88. The molecule has 0 bridgehead atoms. The third-order valence-corrected chi connectivity index (χ3v) is 3.08. The molecule has 0 spiro atoms. The van der Waals surface area contributed by atoms with Gasteiger partial charge in [0.25, 0.3) is 0 Å². The Balaban J connectivity index is 1.99. The van der Waals surface area contributed by atoms with E-state index in [1.54, 1.807) is 12.1 Å². The SMILES string of the molecule is OB(O)c1cc(F)ccc1COCc1ccc(Cl)cc1.